The Morgan fingerprint density at radius 3 is 2.59 bits per heavy atom. The number of carbonyl (C=O) groups excluding carboxylic acids is 1. The second-order valence-electron chi connectivity index (χ2n) is 7.87. The van der Waals surface area contributed by atoms with Crippen LogP contribution < -0.4 is 11.3 Å². The molecule has 1 aromatic heterocycles. The first-order valence-corrected chi connectivity index (χ1v) is 9.25. The predicted molar refractivity (Wildman–Crippen MR) is 99.7 cm³/mol. The Labute approximate surface area is 167 Å². The minimum atomic E-state index is -4.55. The van der Waals surface area contributed by atoms with Crippen LogP contribution in [0.3, 0.4) is 0 Å². The smallest absolute Gasteiger partial charge is 0.410 e. The Morgan fingerprint density at radius 1 is 1.41 bits per heavy atom. The van der Waals surface area contributed by atoms with Crippen molar-refractivity contribution >= 4 is 11.9 Å². The Hall–Kier alpha value is -2.14. The number of likely N-dealkylation sites (tertiary alicyclic amines) is 1. The number of alkyl halides is 4. The van der Waals surface area contributed by atoms with E-state index in [2.05, 4.69) is 10.4 Å². The molecule has 0 bridgehead atoms. The molecular weight excluding hydrogens is 394 g/mol. The van der Waals surface area contributed by atoms with E-state index in [1.807, 2.05) is 0 Å². The van der Waals surface area contributed by atoms with Gasteiger partial charge in [0.05, 0.1) is 6.54 Å². The van der Waals surface area contributed by atoms with Crippen LogP contribution in [0, 0.1) is 0 Å². The Kier molecular flexibility index (Phi) is 7.28. The van der Waals surface area contributed by atoms with Crippen molar-refractivity contribution in [1.29, 1.82) is 0 Å². The highest BCUT2D eigenvalue weighted by Gasteiger charge is 2.48. The van der Waals surface area contributed by atoms with Crippen LogP contribution in [-0.2, 0) is 4.74 Å². The molecule has 1 fully saturated rings. The molecule has 1 aliphatic rings. The third kappa shape index (κ3) is 6.17. The summed E-state index contributed by atoms with van der Waals surface area (Å²) in [5, 5.41) is 0. The van der Waals surface area contributed by atoms with Crippen molar-refractivity contribution in [2.45, 2.75) is 51.1 Å². The SMILES string of the molecule is CC(C)(C)OC(=O)N(CCF)C1CCN([C@H](c2ccc(NN)nc2)C(F)(F)F)C1. The van der Waals surface area contributed by atoms with Crippen LogP contribution in [0.1, 0.15) is 38.8 Å². The summed E-state index contributed by atoms with van der Waals surface area (Å²) in [4.78, 5) is 18.7. The van der Waals surface area contributed by atoms with Crippen molar-refractivity contribution in [2.75, 3.05) is 31.7 Å². The van der Waals surface area contributed by atoms with Crippen molar-refractivity contribution in [3.8, 4) is 0 Å². The van der Waals surface area contributed by atoms with Gasteiger partial charge in [0, 0.05) is 25.3 Å². The maximum Gasteiger partial charge on any atom is 0.410 e. The lowest BCUT2D eigenvalue weighted by atomic mass is 10.1. The van der Waals surface area contributed by atoms with Crippen molar-refractivity contribution in [3.05, 3.63) is 23.9 Å². The van der Waals surface area contributed by atoms with E-state index in [4.69, 9.17) is 10.6 Å². The van der Waals surface area contributed by atoms with Gasteiger partial charge in [0.1, 0.15) is 24.1 Å². The topological polar surface area (TPSA) is 83.7 Å². The number of pyridine rings is 1. The second-order valence-corrected chi connectivity index (χ2v) is 7.87. The van der Waals surface area contributed by atoms with Gasteiger partial charge in [0.25, 0.3) is 0 Å². The predicted octanol–water partition coefficient (Wildman–Crippen LogP) is 3.25. The van der Waals surface area contributed by atoms with Gasteiger partial charge in [0.15, 0.2) is 0 Å². The summed E-state index contributed by atoms with van der Waals surface area (Å²) in [7, 11) is 0. The van der Waals surface area contributed by atoms with Crippen molar-refractivity contribution in [1.82, 2.24) is 14.8 Å². The first kappa shape index (κ1) is 23.1. The number of anilines is 1. The molecule has 1 saturated heterocycles. The normalized spacial score (nSPS) is 19.1. The largest absolute Gasteiger partial charge is 0.444 e. The van der Waals surface area contributed by atoms with E-state index in [1.165, 1.54) is 21.9 Å². The number of amides is 1. The first-order chi connectivity index (χ1) is 13.5. The van der Waals surface area contributed by atoms with Gasteiger partial charge >= 0.3 is 12.3 Å². The number of ether oxygens (including phenoxy) is 1. The molecule has 0 radical (unpaired) electrons. The molecule has 2 heterocycles. The molecule has 0 spiro atoms. The van der Waals surface area contributed by atoms with Crippen LogP contribution in [0.5, 0.6) is 0 Å². The van der Waals surface area contributed by atoms with E-state index in [9.17, 15) is 22.4 Å². The number of halogens is 4. The molecule has 2 atom stereocenters. The summed E-state index contributed by atoms with van der Waals surface area (Å²) in [6, 6.07) is 0.194. The van der Waals surface area contributed by atoms with Crippen molar-refractivity contribution in [2.24, 2.45) is 5.84 Å². The molecule has 11 heteroatoms. The van der Waals surface area contributed by atoms with Gasteiger partial charge in [-0.15, -0.1) is 0 Å². The Bertz CT molecular complexity index is 678. The van der Waals surface area contributed by atoms with Gasteiger partial charge in [-0.2, -0.15) is 13.2 Å². The highest BCUT2D eigenvalue weighted by atomic mass is 19.4. The first-order valence-electron chi connectivity index (χ1n) is 9.25. The number of hydrogen-bond donors (Lipinski definition) is 2. The van der Waals surface area contributed by atoms with Gasteiger partial charge in [-0.25, -0.2) is 20.0 Å². The Morgan fingerprint density at radius 2 is 2.10 bits per heavy atom. The summed E-state index contributed by atoms with van der Waals surface area (Å²) in [5.41, 5.74) is 1.44. The average molecular weight is 421 g/mol. The van der Waals surface area contributed by atoms with E-state index in [1.54, 1.807) is 20.8 Å². The zero-order valence-corrected chi connectivity index (χ0v) is 16.7. The zero-order valence-electron chi connectivity index (χ0n) is 16.7. The standard InChI is InChI=1S/C18H27F4N5O2/c1-17(2,3)29-16(28)27(9-7-19)13-6-8-26(11-13)15(18(20,21)22)12-4-5-14(25-23)24-10-12/h4-5,10,13,15H,6-9,11,23H2,1-3H3,(H,24,25)/t13?,15-/m1/s1. The lowest BCUT2D eigenvalue weighted by Gasteiger charge is -2.33. The number of nitrogens with two attached hydrogens (primary N) is 1. The maximum absolute atomic E-state index is 13.8. The molecule has 1 unspecified atom stereocenters. The third-order valence-electron chi connectivity index (χ3n) is 4.51. The molecule has 1 aliphatic heterocycles. The van der Waals surface area contributed by atoms with Gasteiger partial charge in [-0.3, -0.25) is 4.90 Å². The highest BCUT2D eigenvalue weighted by Crippen LogP contribution is 2.40. The highest BCUT2D eigenvalue weighted by molar-refractivity contribution is 5.68. The summed E-state index contributed by atoms with van der Waals surface area (Å²) < 4.78 is 59.8. The molecule has 29 heavy (non-hydrogen) atoms. The van der Waals surface area contributed by atoms with Gasteiger partial charge < -0.3 is 15.1 Å². The van der Waals surface area contributed by atoms with Crippen LogP contribution in [0.2, 0.25) is 0 Å². The summed E-state index contributed by atoms with van der Waals surface area (Å²) in [5.74, 6) is 5.45. The molecule has 0 aliphatic carbocycles. The number of nitrogen functional groups attached to an aromatic ring is 1. The second kappa shape index (κ2) is 9.12. The number of aromatic nitrogens is 1. The molecule has 1 amide bonds. The van der Waals surface area contributed by atoms with Crippen LogP contribution in [-0.4, -0.2) is 65.0 Å². The number of rotatable bonds is 6. The van der Waals surface area contributed by atoms with E-state index in [-0.39, 0.29) is 37.4 Å². The molecule has 2 rings (SSSR count). The van der Waals surface area contributed by atoms with Crippen molar-refractivity contribution < 1.29 is 27.1 Å². The fourth-order valence-electron chi connectivity index (χ4n) is 3.35. The van der Waals surface area contributed by atoms with E-state index >= 15 is 0 Å². The van der Waals surface area contributed by atoms with E-state index < -0.39 is 36.6 Å². The number of carbonyl (C=O) groups is 1. The molecular formula is C18H27F4N5O2. The quantitative estimate of drug-likeness (QED) is 0.417. The summed E-state index contributed by atoms with van der Waals surface area (Å²) in [6.07, 6.45) is -3.88. The minimum Gasteiger partial charge on any atom is -0.444 e. The monoisotopic (exact) mass is 421 g/mol. The van der Waals surface area contributed by atoms with Gasteiger partial charge in [-0.1, -0.05) is 6.07 Å². The van der Waals surface area contributed by atoms with Crippen LogP contribution in [0.4, 0.5) is 28.2 Å². The number of nitrogens with one attached hydrogen (secondary N) is 1. The Balaban J connectivity index is 2.20. The van der Waals surface area contributed by atoms with Gasteiger partial charge in [-0.05, 0) is 38.8 Å². The van der Waals surface area contributed by atoms with Crippen LogP contribution in [0.15, 0.2) is 18.3 Å². The van der Waals surface area contributed by atoms with Crippen LogP contribution in [0.25, 0.3) is 0 Å². The number of nitrogens with zero attached hydrogens (tertiary/aromatic N) is 3. The lowest BCUT2D eigenvalue weighted by molar-refractivity contribution is -0.184. The molecule has 7 nitrogen and oxygen atoms in total. The molecule has 0 aromatic carbocycles. The third-order valence-corrected chi connectivity index (χ3v) is 4.51. The number of hydrazine groups is 1. The average Bonchev–Trinajstić information content (AvgIpc) is 3.06. The zero-order chi connectivity index (χ0) is 21.8. The van der Waals surface area contributed by atoms with Crippen molar-refractivity contribution in [3.63, 3.8) is 0 Å². The molecule has 3 N–H and O–H groups in total. The van der Waals surface area contributed by atoms with Gasteiger partial charge in [0.2, 0.25) is 0 Å². The minimum absolute atomic E-state index is 0.0357. The summed E-state index contributed by atoms with van der Waals surface area (Å²) >= 11 is 0. The fraction of sp³-hybridized carbons (Fsp3) is 0.667. The van der Waals surface area contributed by atoms with E-state index in [0.717, 1.165) is 6.20 Å². The molecule has 0 saturated carbocycles. The molecule has 1 aromatic rings. The lowest BCUT2D eigenvalue weighted by Crippen LogP contribution is -2.46. The number of hydrogen-bond acceptors (Lipinski definition) is 6. The maximum atomic E-state index is 13.8. The van der Waals surface area contributed by atoms with E-state index in [0.29, 0.717) is 0 Å². The fourth-order valence-corrected chi connectivity index (χ4v) is 3.35. The molecule has 164 valence electrons. The van der Waals surface area contributed by atoms with Crippen LogP contribution >= 0.6 is 0 Å². The summed E-state index contributed by atoms with van der Waals surface area (Å²) in [6.45, 7) is 4.01.